The second-order valence-electron chi connectivity index (χ2n) is 4.65. The zero-order valence-corrected chi connectivity index (χ0v) is 11.5. The molecule has 19 heavy (non-hydrogen) atoms. The first-order valence-electron chi connectivity index (χ1n) is 6.54. The molecule has 1 aromatic carbocycles. The van der Waals surface area contributed by atoms with Gasteiger partial charge >= 0.3 is 0 Å². The molecule has 0 aliphatic carbocycles. The van der Waals surface area contributed by atoms with Crippen molar-refractivity contribution in [2.45, 2.75) is 12.6 Å². The molecule has 1 saturated heterocycles. The highest BCUT2D eigenvalue weighted by Crippen LogP contribution is 2.15. The summed E-state index contributed by atoms with van der Waals surface area (Å²) in [5.74, 6) is 0.924. The van der Waals surface area contributed by atoms with Crippen molar-refractivity contribution in [3.63, 3.8) is 0 Å². The van der Waals surface area contributed by atoms with E-state index in [1.165, 1.54) is 5.56 Å². The van der Waals surface area contributed by atoms with Crippen molar-refractivity contribution in [2.24, 2.45) is 0 Å². The molecular formula is C14H21N3O2. The van der Waals surface area contributed by atoms with E-state index in [0.717, 1.165) is 25.4 Å². The molecular weight excluding hydrogens is 242 g/mol. The number of amides is 1. The fourth-order valence-electron chi connectivity index (χ4n) is 2.33. The molecule has 1 aromatic rings. The summed E-state index contributed by atoms with van der Waals surface area (Å²) in [6, 6.07) is 7.89. The summed E-state index contributed by atoms with van der Waals surface area (Å²) in [5.41, 5.74) is 1.19. The number of likely N-dealkylation sites (N-methyl/N-ethyl adjacent to an activating group) is 1. The number of rotatable bonds is 4. The van der Waals surface area contributed by atoms with Gasteiger partial charge in [-0.1, -0.05) is 12.1 Å². The summed E-state index contributed by atoms with van der Waals surface area (Å²) in [5, 5.41) is 5.99. The Balaban J connectivity index is 2.03. The number of nitrogens with zero attached hydrogens (tertiary/aromatic N) is 1. The van der Waals surface area contributed by atoms with E-state index >= 15 is 0 Å². The maximum atomic E-state index is 11.9. The third kappa shape index (κ3) is 3.45. The number of piperazine rings is 1. The molecule has 1 aliphatic rings. The molecule has 0 saturated carbocycles. The van der Waals surface area contributed by atoms with Gasteiger partial charge in [-0.3, -0.25) is 9.69 Å². The van der Waals surface area contributed by atoms with Crippen LogP contribution in [0, 0.1) is 0 Å². The molecule has 2 N–H and O–H groups in total. The first-order valence-corrected chi connectivity index (χ1v) is 6.54. The lowest BCUT2D eigenvalue weighted by molar-refractivity contribution is -0.126. The van der Waals surface area contributed by atoms with Crippen LogP contribution in [0.15, 0.2) is 24.3 Å². The van der Waals surface area contributed by atoms with E-state index in [2.05, 4.69) is 15.5 Å². The van der Waals surface area contributed by atoms with Crippen LogP contribution in [0.1, 0.15) is 5.56 Å². The molecule has 1 atom stereocenters. The number of methoxy groups -OCH3 is 1. The fourth-order valence-corrected chi connectivity index (χ4v) is 2.33. The molecule has 104 valence electrons. The van der Waals surface area contributed by atoms with E-state index in [9.17, 15) is 4.79 Å². The molecule has 5 nitrogen and oxygen atoms in total. The molecule has 1 unspecified atom stereocenters. The maximum absolute atomic E-state index is 11.9. The van der Waals surface area contributed by atoms with Gasteiger partial charge < -0.3 is 15.4 Å². The Bertz CT molecular complexity index is 419. The molecule has 1 fully saturated rings. The van der Waals surface area contributed by atoms with Crippen LogP contribution in [0.4, 0.5) is 0 Å². The molecule has 1 aliphatic heterocycles. The number of ether oxygens (including phenoxy) is 1. The van der Waals surface area contributed by atoms with Crippen molar-refractivity contribution in [3.05, 3.63) is 29.8 Å². The van der Waals surface area contributed by atoms with E-state index in [1.807, 2.05) is 24.3 Å². The van der Waals surface area contributed by atoms with E-state index in [1.54, 1.807) is 14.2 Å². The Kier molecular flexibility index (Phi) is 4.76. The molecule has 0 spiro atoms. The van der Waals surface area contributed by atoms with Crippen molar-refractivity contribution in [1.29, 1.82) is 0 Å². The van der Waals surface area contributed by atoms with Gasteiger partial charge in [0.05, 0.1) is 7.11 Å². The maximum Gasteiger partial charge on any atom is 0.238 e. The van der Waals surface area contributed by atoms with Gasteiger partial charge in [0.25, 0.3) is 0 Å². The topological polar surface area (TPSA) is 53.6 Å². The monoisotopic (exact) mass is 263 g/mol. The first-order chi connectivity index (χ1) is 9.24. The van der Waals surface area contributed by atoms with Gasteiger partial charge in [-0.25, -0.2) is 0 Å². The fraction of sp³-hybridized carbons (Fsp3) is 0.500. The predicted octanol–water partition coefficient (Wildman–Crippen LogP) is 0.215. The van der Waals surface area contributed by atoms with Crippen molar-refractivity contribution >= 4 is 5.91 Å². The number of carbonyl (C=O) groups is 1. The Morgan fingerprint density at radius 3 is 2.84 bits per heavy atom. The summed E-state index contributed by atoms with van der Waals surface area (Å²) in [6.45, 7) is 3.29. The van der Waals surface area contributed by atoms with Crippen molar-refractivity contribution in [3.8, 4) is 5.75 Å². The van der Waals surface area contributed by atoms with E-state index in [-0.39, 0.29) is 11.9 Å². The largest absolute Gasteiger partial charge is 0.497 e. The first kappa shape index (κ1) is 13.8. The van der Waals surface area contributed by atoms with Crippen LogP contribution in [-0.4, -0.2) is 50.6 Å². The van der Waals surface area contributed by atoms with E-state index in [0.29, 0.717) is 6.54 Å². The van der Waals surface area contributed by atoms with Crippen LogP contribution in [-0.2, 0) is 11.3 Å². The van der Waals surface area contributed by atoms with Gasteiger partial charge in [0.15, 0.2) is 0 Å². The Morgan fingerprint density at radius 2 is 2.21 bits per heavy atom. The lowest BCUT2D eigenvalue weighted by Gasteiger charge is -2.34. The SMILES string of the molecule is CNC(=O)C1CNCCN1Cc1ccc(OC)cc1. The van der Waals surface area contributed by atoms with Crippen LogP contribution < -0.4 is 15.4 Å². The predicted molar refractivity (Wildman–Crippen MR) is 74.1 cm³/mol. The van der Waals surface area contributed by atoms with Gasteiger partial charge in [0.1, 0.15) is 11.8 Å². The molecule has 0 radical (unpaired) electrons. The highest BCUT2D eigenvalue weighted by molar-refractivity contribution is 5.81. The molecule has 2 rings (SSSR count). The molecule has 1 heterocycles. The van der Waals surface area contributed by atoms with Gasteiger partial charge in [-0.05, 0) is 17.7 Å². The highest BCUT2D eigenvalue weighted by atomic mass is 16.5. The average molecular weight is 263 g/mol. The number of benzene rings is 1. The lowest BCUT2D eigenvalue weighted by Crippen LogP contribution is -2.56. The third-order valence-electron chi connectivity index (χ3n) is 3.45. The summed E-state index contributed by atoms with van der Waals surface area (Å²) in [7, 11) is 3.34. The summed E-state index contributed by atoms with van der Waals surface area (Å²) in [4.78, 5) is 14.1. The Morgan fingerprint density at radius 1 is 1.47 bits per heavy atom. The Hall–Kier alpha value is -1.59. The van der Waals surface area contributed by atoms with Crippen molar-refractivity contribution in [2.75, 3.05) is 33.8 Å². The normalized spacial score (nSPS) is 20.0. The minimum Gasteiger partial charge on any atom is -0.497 e. The number of carbonyl (C=O) groups excluding carboxylic acids is 1. The zero-order valence-electron chi connectivity index (χ0n) is 11.5. The van der Waals surface area contributed by atoms with Gasteiger partial charge in [-0.15, -0.1) is 0 Å². The van der Waals surface area contributed by atoms with Gasteiger partial charge in [0.2, 0.25) is 5.91 Å². The highest BCUT2D eigenvalue weighted by Gasteiger charge is 2.27. The second-order valence-corrected chi connectivity index (χ2v) is 4.65. The van der Waals surface area contributed by atoms with Crippen LogP contribution in [0.25, 0.3) is 0 Å². The minimum absolute atomic E-state index is 0.0701. The van der Waals surface area contributed by atoms with Crippen LogP contribution in [0.2, 0.25) is 0 Å². The molecule has 5 heteroatoms. The Labute approximate surface area is 113 Å². The van der Waals surface area contributed by atoms with E-state index in [4.69, 9.17) is 4.74 Å². The molecule has 1 amide bonds. The summed E-state index contributed by atoms with van der Waals surface area (Å²) >= 11 is 0. The lowest BCUT2D eigenvalue weighted by atomic mass is 10.1. The molecule has 0 bridgehead atoms. The summed E-state index contributed by atoms with van der Waals surface area (Å²) in [6.07, 6.45) is 0. The minimum atomic E-state index is -0.0964. The van der Waals surface area contributed by atoms with Gasteiger partial charge in [-0.2, -0.15) is 0 Å². The van der Waals surface area contributed by atoms with Crippen LogP contribution >= 0.6 is 0 Å². The standard InChI is InChI=1S/C14H21N3O2/c1-15-14(18)13-9-16-7-8-17(13)10-11-3-5-12(19-2)6-4-11/h3-6,13,16H,7-10H2,1-2H3,(H,15,18). The number of hydrogen-bond acceptors (Lipinski definition) is 4. The van der Waals surface area contributed by atoms with Crippen LogP contribution in [0.5, 0.6) is 5.75 Å². The number of hydrogen-bond donors (Lipinski definition) is 2. The van der Waals surface area contributed by atoms with Crippen molar-refractivity contribution in [1.82, 2.24) is 15.5 Å². The smallest absolute Gasteiger partial charge is 0.238 e. The molecule has 0 aromatic heterocycles. The summed E-state index contributed by atoms with van der Waals surface area (Å²) < 4.78 is 5.15. The van der Waals surface area contributed by atoms with Crippen LogP contribution in [0.3, 0.4) is 0 Å². The van der Waals surface area contributed by atoms with Gasteiger partial charge in [0, 0.05) is 33.2 Å². The van der Waals surface area contributed by atoms with E-state index < -0.39 is 0 Å². The third-order valence-corrected chi connectivity index (χ3v) is 3.45. The second kappa shape index (κ2) is 6.54. The zero-order chi connectivity index (χ0) is 13.7. The van der Waals surface area contributed by atoms with Crippen molar-refractivity contribution < 1.29 is 9.53 Å². The number of nitrogens with one attached hydrogen (secondary N) is 2. The average Bonchev–Trinajstić information content (AvgIpc) is 2.48. The quantitative estimate of drug-likeness (QED) is 0.816.